The molecule has 0 bridgehead atoms. The van der Waals surface area contributed by atoms with Gasteiger partial charge in [-0.15, -0.1) is 0 Å². The summed E-state index contributed by atoms with van der Waals surface area (Å²) in [6.07, 6.45) is 0. The Bertz CT molecular complexity index is 430. The van der Waals surface area contributed by atoms with Gasteiger partial charge in [-0.2, -0.15) is 0 Å². The van der Waals surface area contributed by atoms with Crippen molar-refractivity contribution >= 4 is 0 Å². The number of nitrogens with zero attached hydrogens (tertiary/aromatic N) is 2. The lowest BCUT2D eigenvalue weighted by Gasteiger charge is -2.35. The van der Waals surface area contributed by atoms with Crippen LogP contribution in [0.15, 0.2) is 18.2 Å². The Labute approximate surface area is 121 Å². The third-order valence-corrected chi connectivity index (χ3v) is 3.90. The van der Waals surface area contributed by atoms with Crippen LogP contribution in [0.5, 0.6) is 5.75 Å². The smallest absolute Gasteiger partial charge is 0.121 e. The highest BCUT2D eigenvalue weighted by molar-refractivity contribution is 5.37. The maximum atomic E-state index is 5.94. The van der Waals surface area contributed by atoms with E-state index >= 15 is 0 Å². The molecule has 1 heterocycles. The second kappa shape index (κ2) is 7.04. The summed E-state index contributed by atoms with van der Waals surface area (Å²) in [5, 5.41) is 2.27. The molecule has 20 heavy (non-hydrogen) atoms. The van der Waals surface area contributed by atoms with Gasteiger partial charge in [0.15, 0.2) is 0 Å². The van der Waals surface area contributed by atoms with Gasteiger partial charge in [0.25, 0.3) is 0 Å². The van der Waals surface area contributed by atoms with Crippen LogP contribution in [0.4, 0.5) is 0 Å². The van der Waals surface area contributed by atoms with Crippen LogP contribution in [0.25, 0.3) is 0 Å². The summed E-state index contributed by atoms with van der Waals surface area (Å²) in [6, 6.07) is 6.41. The van der Waals surface area contributed by atoms with Crippen molar-refractivity contribution in [2.75, 3.05) is 46.9 Å². The molecule has 1 aromatic rings. The molecule has 1 fully saturated rings. The zero-order chi connectivity index (χ0) is 14.5. The average Bonchev–Trinajstić information content (AvgIpc) is 2.46. The lowest BCUT2D eigenvalue weighted by molar-refractivity contribution is 0.0880. The molecule has 112 valence electrons. The number of rotatable bonds is 5. The molecule has 2 rings (SSSR count). The second-order valence-electron chi connectivity index (χ2n) is 5.44. The van der Waals surface area contributed by atoms with Gasteiger partial charge < -0.3 is 15.4 Å². The third kappa shape index (κ3) is 3.70. The molecule has 0 aliphatic carbocycles. The molecule has 0 amide bonds. The van der Waals surface area contributed by atoms with Gasteiger partial charge in [0, 0.05) is 32.7 Å². The molecule has 1 aliphatic rings. The van der Waals surface area contributed by atoms with Gasteiger partial charge in [-0.3, -0.25) is 0 Å². The van der Waals surface area contributed by atoms with Crippen molar-refractivity contribution in [3.8, 4) is 5.75 Å². The minimum Gasteiger partial charge on any atom is -0.496 e. The first-order valence-electron chi connectivity index (χ1n) is 7.18. The number of nitrogens with one attached hydrogen (secondary N) is 1. The molecule has 0 saturated carbocycles. The lowest BCUT2D eigenvalue weighted by atomic mass is 10.0. The van der Waals surface area contributed by atoms with Crippen LogP contribution in [0.3, 0.4) is 0 Å². The number of nitrogens with two attached hydrogens (primary N) is 1. The minimum absolute atomic E-state index is 0.156. The molecular formula is C15H26N4O. The molecule has 1 aliphatic heterocycles. The van der Waals surface area contributed by atoms with Crippen molar-refractivity contribution in [1.29, 1.82) is 0 Å². The molecule has 1 unspecified atom stereocenters. The standard InChI is InChI=1S/C15H26N4O/c1-12-10-13(4-5-15(12)20-3)14(11-16)17-19-8-6-18(2)7-9-19/h4-5,10,14,17H,6-9,11,16H2,1-3H3. The van der Waals surface area contributed by atoms with E-state index in [1.165, 1.54) is 5.56 Å². The van der Waals surface area contributed by atoms with Crippen LogP contribution in [0, 0.1) is 6.92 Å². The average molecular weight is 278 g/mol. The Hall–Kier alpha value is -1.14. The number of hydrazine groups is 1. The SMILES string of the molecule is COc1ccc(C(CN)NN2CCN(C)CC2)cc1C. The molecule has 5 heteroatoms. The molecule has 5 nitrogen and oxygen atoms in total. The maximum Gasteiger partial charge on any atom is 0.121 e. The zero-order valence-corrected chi connectivity index (χ0v) is 12.7. The van der Waals surface area contributed by atoms with E-state index in [1.54, 1.807) is 7.11 Å². The molecule has 3 N–H and O–H groups in total. The fourth-order valence-corrected chi connectivity index (χ4v) is 2.54. The van der Waals surface area contributed by atoms with Crippen molar-refractivity contribution in [3.05, 3.63) is 29.3 Å². The minimum atomic E-state index is 0.156. The van der Waals surface area contributed by atoms with E-state index in [0.29, 0.717) is 6.54 Å². The van der Waals surface area contributed by atoms with Gasteiger partial charge in [0.05, 0.1) is 13.2 Å². The highest BCUT2D eigenvalue weighted by Crippen LogP contribution is 2.22. The monoisotopic (exact) mass is 278 g/mol. The van der Waals surface area contributed by atoms with Gasteiger partial charge in [-0.25, -0.2) is 10.4 Å². The molecule has 0 spiro atoms. The fourth-order valence-electron chi connectivity index (χ4n) is 2.54. The zero-order valence-electron chi connectivity index (χ0n) is 12.7. The number of ether oxygens (including phenoxy) is 1. The molecular weight excluding hydrogens is 252 g/mol. The second-order valence-corrected chi connectivity index (χ2v) is 5.44. The van der Waals surface area contributed by atoms with Crippen molar-refractivity contribution in [1.82, 2.24) is 15.3 Å². The molecule has 1 saturated heterocycles. The number of aryl methyl sites for hydroxylation is 1. The highest BCUT2D eigenvalue weighted by atomic mass is 16.5. The number of methoxy groups -OCH3 is 1. The van der Waals surface area contributed by atoms with E-state index in [0.717, 1.165) is 37.5 Å². The summed E-state index contributed by atoms with van der Waals surface area (Å²) >= 11 is 0. The van der Waals surface area contributed by atoms with Crippen LogP contribution in [-0.4, -0.2) is 56.8 Å². The molecule has 0 aromatic heterocycles. The van der Waals surface area contributed by atoms with Crippen LogP contribution in [-0.2, 0) is 0 Å². The number of benzene rings is 1. The number of likely N-dealkylation sites (N-methyl/N-ethyl adjacent to an activating group) is 1. The van der Waals surface area contributed by atoms with Crippen molar-refractivity contribution in [2.24, 2.45) is 5.73 Å². The van der Waals surface area contributed by atoms with Gasteiger partial charge in [-0.1, -0.05) is 12.1 Å². The Morgan fingerprint density at radius 3 is 2.55 bits per heavy atom. The van der Waals surface area contributed by atoms with Gasteiger partial charge >= 0.3 is 0 Å². The summed E-state index contributed by atoms with van der Waals surface area (Å²) in [7, 11) is 3.86. The van der Waals surface area contributed by atoms with Crippen LogP contribution >= 0.6 is 0 Å². The van der Waals surface area contributed by atoms with E-state index in [9.17, 15) is 0 Å². The summed E-state index contributed by atoms with van der Waals surface area (Å²) < 4.78 is 5.31. The predicted octanol–water partition coefficient (Wildman–Crippen LogP) is 0.755. The Kier molecular flexibility index (Phi) is 5.37. The largest absolute Gasteiger partial charge is 0.496 e. The molecule has 1 atom stereocenters. The highest BCUT2D eigenvalue weighted by Gasteiger charge is 2.18. The summed E-state index contributed by atoms with van der Waals surface area (Å²) in [5.74, 6) is 0.920. The molecule has 1 aromatic carbocycles. The van der Waals surface area contributed by atoms with Gasteiger partial charge in [0.1, 0.15) is 5.75 Å². The summed E-state index contributed by atoms with van der Waals surface area (Å²) in [4.78, 5) is 2.34. The molecule has 0 radical (unpaired) electrons. The predicted molar refractivity (Wildman–Crippen MR) is 81.7 cm³/mol. The first-order chi connectivity index (χ1) is 9.63. The van der Waals surface area contributed by atoms with Gasteiger partial charge in [-0.05, 0) is 31.2 Å². The van der Waals surface area contributed by atoms with Crippen molar-refractivity contribution < 1.29 is 4.74 Å². The van der Waals surface area contributed by atoms with E-state index in [-0.39, 0.29) is 6.04 Å². The Balaban J connectivity index is 2.02. The lowest BCUT2D eigenvalue weighted by Crippen LogP contribution is -2.52. The van der Waals surface area contributed by atoms with E-state index in [1.807, 2.05) is 6.07 Å². The van der Waals surface area contributed by atoms with Crippen LogP contribution in [0.2, 0.25) is 0 Å². The van der Waals surface area contributed by atoms with Crippen molar-refractivity contribution in [2.45, 2.75) is 13.0 Å². The number of hydrogen-bond acceptors (Lipinski definition) is 5. The van der Waals surface area contributed by atoms with Crippen LogP contribution in [0.1, 0.15) is 17.2 Å². The topological polar surface area (TPSA) is 53.8 Å². The van der Waals surface area contributed by atoms with Crippen molar-refractivity contribution in [3.63, 3.8) is 0 Å². The van der Waals surface area contributed by atoms with Crippen LogP contribution < -0.4 is 15.9 Å². The Morgan fingerprint density at radius 2 is 2.00 bits per heavy atom. The number of hydrogen-bond donors (Lipinski definition) is 2. The quantitative estimate of drug-likeness (QED) is 0.833. The first-order valence-corrected chi connectivity index (χ1v) is 7.18. The number of piperazine rings is 1. The first kappa shape index (κ1) is 15.3. The third-order valence-electron chi connectivity index (χ3n) is 3.90. The maximum absolute atomic E-state index is 5.94. The fraction of sp³-hybridized carbons (Fsp3) is 0.600. The van der Waals surface area contributed by atoms with E-state index in [4.69, 9.17) is 10.5 Å². The summed E-state index contributed by atoms with van der Waals surface area (Å²) in [5.41, 5.74) is 11.8. The summed E-state index contributed by atoms with van der Waals surface area (Å²) in [6.45, 7) is 6.88. The Morgan fingerprint density at radius 1 is 1.30 bits per heavy atom. The van der Waals surface area contributed by atoms with Gasteiger partial charge in [0.2, 0.25) is 0 Å². The normalized spacial score (nSPS) is 19.0. The van der Waals surface area contributed by atoms with E-state index < -0.39 is 0 Å². The van der Waals surface area contributed by atoms with E-state index in [2.05, 4.69) is 41.4 Å².